The van der Waals surface area contributed by atoms with E-state index in [1.54, 1.807) is 6.92 Å². The van der Waals surface area contributed by atoms with Crippen molar-refractivity contribution in [1.82, 2.24) is 25.1 Å². The van der Waals surface area contributed by atoms with E-state index in [4.69, 9.17) is 14.2 Å². The summed E-state index contributed by atoms with van der Waals surface area (Å²) in [5.41, 5.74) is -0.394. The number of hydrogen-bond donors (Lipinski definition) is 2. The van der Waals surface area contributed by atoms with Gasteiger partial charge in [-0.15, -0.1) is 0 Å². The molecule has 0 aliphatic carbocycles. The molecular weight excluding hydrogens is 538 g/mol. The highest BCUT2D eigenvalue weighted by molar-refractivity contribution is 9.10. The fourth-order valence-electron chi connectivity index (χ4n) is 2.58. The molecule has 0 aliphatic heterocycles. The summed E-state index contributed by atoms with van der Waals surface area (Å²) >= 11 is 3.14. The van der Waals surface area contributed by atoms with E-state index >= 15 is 0 Å². The summed E-state index contributed by atoms with van der Waals surface area (Å²) in [6.45, 7) is 1.55. The summed E-state index contributed by atoms with van der Waals surface area (Å²) in [4.78, 5) is 37.5. The van der Waals surface area contributed by atoms with Gasteiger partial charge in [-0.25, -0.2) is 14.6 Å². The zero-order chi connectivity index (χ0) is 24.9. The Bertz CT molecular complexity index is 1290. The number of aromatic amines is 1. The van der Waals surface area contributed by atoms with Crippen LogP contribution in [0.5, 0.6) is 11.8 Å². The lowest BCUT2D eigenvalue weighted by Crippen LogP contribution is -2.41. The monoisotopic (exact) mass is 555 g/mol. The van der Waals surface area contributed by atoms with Gasteiger partial charge in [0.05, 0.1) is 33.1 Å². The number of methoxy groups -OCH3 is 2. The number of H-pyrrole nitrogens is 1. The number of urea groups is 1. The summed E-state index contributed by atoms with van der Waals surface area (Å²) in [7, 11) is -2.10. The molecule has 0 fully saturated rings. The Labute approximate surface area is 201 Å². The van der Waals surface area contributed by atoms with Crippen molar-refractivity contribution < 1.29 is 32.2 Å². The summed E-state index contributed by atoms with van der Waals surface area (Å²) in [5, 5.41) is 7.45. The highest BCUT2D eigenvalue weighted by Gasteiger charge is 2.37. The van der Waals surface area contributed by atoms with Crippen LogP contribution < -0.4 is 19.1 Å². The minimum absolute atomic E-state index is 0.00407. The molecule has 0 aliphatic rings. The second-order valence-electron chi connectivity index (χ2n) is 6.13. The maximum absolute atomic E-state index is 13.6. The molecule has 3 rings (SSSR count). The third kappa shape index (κ3) is 5.23. The Morgan fingerprint density at radius 3 is 2.41 bits per heavy atom. The number of halogens is 1. The lowest BCUT2D eigenvalue weighted by atomic mass is 10.4. The third-order valence-corrected chi connectivity index (χ3v) is 6.11. The number of carbonyl (C=O) groups is 2. The van der Waals surface area contributed by atoms with Gasteiger partial charge in [0.2, 0.25) is 17.7 Å². The smallest absolute Gasteiger partial charge is 0.344 e. The zero-order valence-corrected chi connectivity index (χ0v) is 20.4. The maximum atomic E-state index is 13.6. The molecule has 14 nitrogen and oxygen atoms in total. The Morgan fingerprint density at radius 2 is 1.82 bits per heavy atom. The van der Waals surface area contributed by atoms with Gasteiger partial charge in [0.1, 0.15) is 10.2 Å². The quantitative estimate of drug-likeness (QED) is 0.306. The van der Waals surface area contributed by atoms with Crippen molar-refractivity contribution in [3.8, 4) is 11.8 Å². The number of carbonyl (C=O) groups excluding carboxylic acids is 2. The molecule has 2 amide bonds. The summed E-state index contributed by atoms with van der Waals surface area (Å²) in [5.74, 6) is -1.46. The van der Waals surface area contributed by atoms with Gasteiger partial charge in [0.15, 0.2) is 10.8 Å². The van der Waals surface area contributed by atoms with Gasteiger partial charge in [-0.05, 0) is 35.0 Å². The molecule has 3 heterocycles. The van der Waals surface area contributed by atoms with E-state index in [0.717, 1.165) is 6.20 Å². The number of aromatic nitrogens is 5. The van der Waals surface area contributed by atoms with Crippen LogP contribution in [0, 0.1) is 0 Å². The van der Waals surface area contributed by atoms with Crippen molar-refractivity contribution in [2.24, 2.45) is 0 Å². The standard InChI is InChI=1S/C18H18BrN7O7S/c1-4-33-16(27)10-9-20-25-15(10)34(29,30)26(12-7-5-6-11(19)21-12)18(28)24-17-22-13(31-2)8-14(23-17)32-3/h5-9H,4H2,1-3H3,(H,20,25)(H,22,23,24,28). The zero-order valence-electron chi connectivity index (χ0n) is 18.0. The lowest BCUT2D eigenvalue weighted by molar-refractivity contribution is 0.0521. The van der Waals surface area contributed by atoms with Crippen molar-refractivity contribution in [2.75, 3.05) is 30.4 Å². The highest BCUT2D eigenvalue weighted by Crippen LogP contribution is 2.26. The number of amides is 2. The van der Waals surface area contributed by atoms with E-state index in [1.165, 1.54) is 38.5 Å². The fourth-order valence-corrected chi connectivity index (χ4v) is 4.29. The van der Waals surface area contributed by atoms with Crippen molar-refractivity contribution in [3.63, 3.8) is 0 Å². The van der Waals surface area contributed by atoms with E-state index in [-0.39, 0.29) is 34.7 Å². The lowest BCUT2D eigenvalue weighted by Gasteiger charge is -2.21. The van der Waals surface area contributed by atoms with E-state index in [0.29, 0.717) is 4.31 Å². The van der Waals surface area contributed by atoms with E-state index in [9.17, 15) is 18.0 Å². The second-order valence-corrected chi connectivity index (χ2v) is 8.66. The molecule has 0 aromatic carbocycles. The number of hydrogen-bond acceptors (Lipinski definition) is 11. The number of nitrogens with one attached hydrogen (secondary N) is 2. The van der Waals surface area contributed by atoms with Gasteiger partial charge in [-0.2, -0.15) is 27.8 Å². The van der Waals surface area contributed by atoms with Crippen LogP contribution in [0.4, 0.5) is 16.6 Å². The molecule has 0 spiro atoms. The molecule has 16 heteroatoms. The number of rotatable bonds is 8. The first-order chi connectivity index (χ1) is 16.2. The van der Waals surface area contributed by atoms with Crippen LogP contribution in [-0.2, 0) is 14.8 Å². The van der Waals surface area contributed by atoms with E-state index < -0.39 is 32.6 Å². The van der Waals surface area contributed by atoms with Gasteiger partial charge in [0, 0.05) is 0 Å². The van der Waals surface area contributed by atoms with E-state index in [2.05, 4.69) is 46.4 Å². The molecule has 34 heavy (non-hydrogen) atoms. The molecule has 0 atom stereocenters. The second kappa shape index (κ2) is 10.4. The predicted molar refractivity (Wildman–Crippen MR) is 120 cm³/mol. The van der Waals surface area contributed by atoms with Crippen LogP contribution in [0.1, 0.15) is 17.3 Å². The predicted octanol–water partition coefficient (Wildman–Crippen LogP) is 1.98. The Kier molecular flexibility index (Phi) is 7.62. The van der Waals surface area contributed by atoms with Crippen LogP contribution in [0.15, 0.2) is 40.1 Å². The molecule has 3 aromatic rings. The van der Waals surface area contributed by atoms with Gasteiger partial charge < -0.3 is 14.2 Å². The molecule has 180 valence electrons. The number of sulfonamides is 1. The number of anilines is 2. The first-order valence-electron chi connectivity index (χ1n) is 9.37. The minimum Gasteiger partial charge on any atom is -0.481 e. The van der Waals surface area contributed by atoms with Crippen molar-refractivity contribution in [2.45, 2.75) is 11.9 Å². The average molecular weight is 556 g/mol. The topological polar surface area (TPSA) is 179 Å². The molecule has 0 radical (unpaired) electrons. The van der Waals surface area contributed by atoms with Gasteiger partial charge >= 0.3 is 12.0 Å². The molecule has 3 aromatic heterocycles. The first kappa shape index (κ1) is 24.8. The SMILES string of the molecule is CCOC(=O)c1cn[nH]c1S(=O)(=O)N(C(=O)Nc1nc(OC)cc(OC)n1)c1cccc(Br)n1. The van der Waals surface area contributed by atoms with Gasteiger partial charge in [-0.1, -0.05) is 6.07 Å². The van der Waals surface area contributed by atoms with Crippen molar-refractivity contribution in [1.29, 1.82) is 0 Å². The van der Waals surface area contributed by atoms with Crippen LogP contribution in [-0.4, -0.2) is 66.4 Å². The third-order valence-electron chi connectivity index (χ3n) is 4.01. The van der Waals surface area contributed by atoms with Crippen LogP contribution in [0.2, 0.25) is 0 Å². The van der Waals surface area contributed by atoms with Gasteiger partial charge in [0.25, 0.3) is 10.0 Å². The average Bonchev–Trinajstić information content (AvgIpc) is 3.30. The van der Waals surface area contributed by atoms with E-state index in [1.807, 2.05) is 0 Å². The van der Waals surface area contributed by atoms with Crippen LogP contribution in [0.3, 0.4) is 0 Å². The normalized spacial score (nSPS) is 10.9. The fraction of sp³-hybridized carbons (Fsp3) is 0.222. The number of ether oxygens (including phenoxy) is 3. The largest absolute Gasteiger partial charge is 0.481 e. The Balaban J connectivity index is 2.10. The Morgan fingerprint density at radius 1 is 1.15 bits per heavy atom. The van der Waals surface area contributed by atoms with Crippen molar-refractivity contribution in [3.05, 3.63) is 40.6 Å². The summed E-state index contributed by atoms with van der Waals surface area (Å²) in [6.07, 6.45) is 0.978. The number of esters is 1. The Hall–Kier alpha value is -3.79. The molecule has 0 bridgehead atoms. The molecule has 0 saturated carbocycles. The summed E-state index contributed by atoms with van der Waals surface area (Å²) < 4.78 is 42.6. The van der Waals surface area contributed by atoms with Crippen LogP contribution >= 0.6 is 15.9 Å². The molecular formula is C18H18BrN7O7S. The maximum Gasteiger partial charge on any atom is 0.344 e. The first-order valence-corrected chi connectivity index (χ1v) is 11.6. The van der Waals surface area contributed by atoms with Crippen LogP contribution in [0.25, 0.3) is 0 Å². The molecule has 2 N–H and O–H groups in total. The number of pyridine rings is 1. The van der Waals surface area contributed by atoms with Gasteiger partial charge in [-0.3, -0.25) is 10.4 Å². The highest BCUT2D eigenvalue weighted by atomic mass is 79.9. The summed E-state index contributed by atoms with van der Waals surface area (Å²) in [6, 6.07) is 4.41. The molecule has 0 unspecified atom stereocenters. The molecule has 0 saturated heterocycles. The number of nitrogens with zero attached hydrogens (tertiary/aromatic N) is 5. The minimum atomic E-state index is -4.77. The van der Waals surface area contributed by atoms with Crippen molar-refractivity contribution >= 4 is 49.7 Å².